The summed E-state index contributed by atoms with van der Waals surface area (Å²) in [5.74, 6) is -0.0874. The smallest absolute Gasteiger partial charge is 0.273 e. The molecule has 1 N–H and O–H groups in total. The predicted octanol–water partition coefficient (Wildman–Crippen LogP) is 4.36. The standard InChI is InChI=1S/C26H17Cl2N3O3S/c1-34-22-10-6-5-7-16(22)13-23-25(33)31(18-8-3-2-4-9-18)26(35-23)19(15-29)24(32)30-17-11-12-20(27)21(28)14-17/h2-14H,1H3,(H,30,32)/b23-13+,26-19+. The van der Waals surface area contributed by atoms with Gasteiger partial charge in [0.05, 0.1) is 27.4 Å². The van der Waals surface area contributed by atoms with E-state index in [4.69, 9.17) is 27.9 Å². The molecule has 0 radical (unpaired) electrons. The second kappa shape index (κ2) is 10.6. The van der Waals surface area contributed by atoms with Crippen molar-refractivity contribution in [2.45, 2.75) is 0 Å². The third-order valence-corrected chi connectivity index (χ3v) is 6.83. The molecule has 174 valence electrons. The zero-order valence-electron chi connectivity index (χ0n) is 18.3. The van der Waals surface area contributed by atoms with E-state index < -0.39 is 5.91 Å². The number of ether oxygens (including phenoxy) is 1. The molecule has 1 amide bonds. The van der Waals surface area contributed by atoms with Crippen LogP contribution in [0.15, 0.2) is 77.6 Å². The van der Waals surface area contributed by atoms with Crippen LogP contribution < -0.4 is 24.8 Å². The van der Waals surface area contributed by atoms with Gasteiger partial charge in [-0.1, -0.05) is 59.6 Å². The highest BCUT2D eigenvalue weighted by atomic mass is 35.5. The van der Waals surface area contributed by atoms with Crippen molar-refractivity contribution in [1.29, 1.82) is 5.26 Å². The zero-order chi connectivity index (χ0) is 24.9. The summed E-state index contributed by atoms with van der Waals surface area (Å²) >= 11 is 13.0. The van der Waals surface area contributed by atoms with Gasteiger partial charge in [-0.15, -0.1) is 11.3 Å². The number of hydrogen-bond acceptors (Lipinski definition) is 5. The fraction of sp³-hybridized carbons (Fsp3) is 0.0385. The molecule has 0 saturated heterocycles. The largest absolute Gasteiger partial charge is 0.496 e. The van der Waals surface area contributed by atoms with E-state index in [1.165, 1.54) is 16.7 Å². The number of amides is 1. The van der Waals surface area contributed by atoms with Crippen LogP contribution >= 0.6 is 34.5 Å². The van der Waals surface area contributed by atoms with E-state index in [1.54, 1.807) is 49.6 Å². The first-order valence-electron chi connectivity index (χ1n) is 10.3. The van der Waals surface area contributed by atoms with Crippen LogP contribution in [0.5, 0.6) is 5.75 Å². The van der Waals surface area contributed by atoms with Gasteiger partial charge in [0.2, 0.25) is 0 Å². The van der Waals surface area contributed by atoms with Crippen molar-refractivity contribution in [2.24, 2.45) is 0 Å². The third-order valence-electron chi connectivity index (χ3n) is 4.99. The number of carbonyl (C=O) groups is 1. The van der Waals surface area contributed by atoms with Gasteiger partial charge in [0.1, 0.15) is 16.5 Å². The van der Waals surface area contributed by atoms with E-state index in [9.17, 15) is 14.9 Å². The monoisotopic (exact) mass is 521 g/mol. The fourth-order valence-electron chi connectivity index (χ4n) is 3.35. The molecule has 1 aromatic heterocycles. The van der Waals surface area contributed by atoms with Gasteiger partial charge >= 0.3 is 0 Å². The molecule has 35 heavy (non-hydrogen) atoms. The predicted molar refractivity (Wildman–Crippen MR) is 140 cm³/mol. The zero-order valence-corrected chi connectivity index (χ0v) is 20.6. The highest BCUT2D eigenvalue weighted by molar-refractivity contribution is 7.07. The molecule has 0 unspecified atom stereocenters. The number of rotatable bonds is 5. The molecule has 1 heterocycles. The van der Waals surface area contributed by atoms with E-state index in [1.807, 2.05) is 30.3 Å². The highest BCUT2D eigenvalue weighted by Gasteiger charge is 2.18. The quantitative estimate of drug-likeness (QED) is 0.423. The van der Waals surface area contributed by atoms with Crippen molar-refractivity contribution in [2.75, 3.05) is 12.4 Å². The van der Waals surface area contributed by atoms with Gasteiger partial charge in [0.25, 0.3) is 11.5 Å². The van der Waals surface area contributed by atoms with Crippen LogP contribution in [0.25, 0.3) is 17.3 Å². The molecule has 0 saturated carbocycles. The molecule has 0 aliphatic carbocycles. The van der Waals surface area contributed by atoms with Gasteiger partial charge in [-0.2, -0.15) is 5.26 Å². The molecule has 0 aliphatic heterocycles. The molecule has 0 atom stereocenters. The topological polar surface area (TPSA) is 84.1 Å². The molecule has 0 bridgehead atoms. The number of para-hydroxylation sites is 2. The Bertz CT molecular complexity index is 1640. The minimum Gasteiger partial charge on any atom is -0.496 e. The van der Waals surface area contributed by atoms with Gasteiger partial charge < -0.3 is 10.1 Å². The summed E-state index contributed by atoms with van der Waals surface area (Å²) in [5.41, 5.74) is 0.999. The summed E-state index contributed by atoms with van der Waals surface area (Å²) < 4.78 is 7.29. The molecule has 0 aliphatic rings. The Morgan fingerprint density at radius 2 is 1.77 bits per heavy atom. The molecule has 4 aromatic rings. The van der Waals surface area contributed by atoms with E-state index in [-0.39, 0.29) is 20.8 Å². The number of benzene rings is 3. The summed E-state index contributed by atoms with van der Waals surface area (Å²) in [5, 5.41) is 13.2. The van der Waals surface area contributed by atoms with Crippen LogP contribution in [0.4, 0.5) is 5.69 Å². The second-order valence-electron chi connectivity index (χ2n) is 7.20. The van der Waals surface area contributed by atoms with Gasteiger partial charge in [-0.05, 0) is 42.5 Å². The maximum Gasteiger partial charge on any atom is 0.273 e. The van der Waals surface area contributed by atoms with E-state index >= 15 is 0 Å². The molecular formula is C26H17Cl2N3O3S. The van der Waals surface area contributed by atoms with Crippen molar-refractivity contribution >= 4 is 57.8 Å². The minimum atomic E-state index is -0.680. The molecule has 0 fully saturated rings. The maximum atomic E-state index is 13.5. The van der Waals surface area contributed by atoms with Gasteiger partial charge in [-0.3, -0.25) is 14.2 Å². The van der Waals surface area contributed by atoms with Crippen molar-refractivity contribution in [3.63, 3.8) is 0 Å². The lowest BCUT2D eigenvalue weighted by Gasteiger charge is -2.06. The van der Waals surface area contributed by atoms with Gasteiger partial charge in [0, 0.05) is 11.3 Å². The van der Waals surface area contributed by atoms with Crippen molar-refractivity contribution < 1.29 is 9.53 Å². The number of halogens is 2. The highest BCUT2D eigenvalue weighted by Crippen LogP contribution is 2.25. The summed E-state index contributed by atoms with van der Waals surface area (Å²) in [7, 11) is 1.55. The Kier molecular flexibility index (Phi) is 7.37. The number of carbonyl (C=O) groups excluding carboxylic acids is 1. The van der Waals surface area contributed by atoms with E-state index in [0.717, 1.165) is 11.3 Å². The number of nitrogens with zero attached hydrogens (tertiary/aromatic N) is 2. The molecular weight excluding hydrogens is 505 g/mol. The van der Waals surface area contributed by atoms with Crippen LogP contribution in [0.1, 0.15) is 5.56 Å². The Hall–Kier alpha value is -3.83. The Morgan fingerprint density at radius 3 is 2.46 bits per heavy atom. The number of anilines is 1. The van der Waals surface area contributed by atoms with Crippen LogP contribution in [-0.2, 0) is 4.79 Å². The minimum absolute atomic E-state index is 0.197. The number of nitriles is 1. The number of aromatic nitrogens is 1. The summed E-state index contributed by atoms with van der Waals surface area (Å²) in [6, 6.07) is 22.6. The molecule has 9 heteroatoms. The second-order valence-corrected chi connectivity index (χ2v) is 9.05. The fourth-order valence-corrected chi connectivity index (χ4v) is 4.74. The Morgan fingerprint density at radius 1 is 1.06 bits per heavy atom. The summed E-state index contributed by atoms with van der Waals surface area (Å²) in [6.45, 7) is 0. The molecule has 0 spiro atoms. The average molecular weight is 522 g/mol. The lowest BCUT2D eigenvalue weighted by Crippen LogP contribution is -2.32. The van der Waals surface area contributed by atoms with E-state index in [0.29, 0.717) is 32.2 Å². The lowest BCUT2D eigenvalue weighted by atomic mass is 10.2. The number of thiazole rings is 1. The SMILES string of the molecule is COc1ccccc1/C=c1/s/c(=C(\C#N)C(=O)Nc2ccc(Cl)c(Cl)c2)n(-c2ccccc2)c1=O. The summed E-state index contributed by atoms with van der Waals surface area (Å²) in [4.78, 5) is 26.6. The summed E-state index contributed by atoms with van der Waals surface area (Å²) in [6.07, 6.45) is 1.68. The van der Waals surface area contributed by atoms with E-state index in [2.05, 4.69) is 5.32 Å². The normalized spacial score (nSPS) is 12.1. The maximum absolute atomic E-state index is 13.5. The van der Waals surface area contributed by atoms with Gasteiger partial charge in [0.15, 0.2) is 5.57 Å². The van der Waals surface area contributed by atoms with Crippen molar-refractivity contribution in [3.05, 3.63) is 108 Å². The first-order chi connectivity index (χ1) is 16.9. The number of hydrogen-bond donors (Lipinski definition) is 1. The van der Waals surface area contributed by atoms with Crippen molar-refractivity contribution in [1.82, 2.24) is 4.57 Å². The first kappa shape index (κ1) is 24.3. The van der Waals surface area contributed by atoms with Crippen LogP contribution in [0, 0.1) is 11.3 Å². The molecule has 6 nitrogen and oxygen atoms in total. The third kappa shape index (κ3) is 5.15. The van der Waals surface area contributed by atoms with Crippen LogP contribution in [0.3, 0.4) is 0 Å². The van der Waals surface area contributed by atoms with Gasteiger partial charge in [-0.25, -0.2) is 0 Å². The molecule has 3 aromatic carbocycles. The number of nitrogens with one attached hydrogen (secondary N) is 1. The Balaban J connectivity index is 1.95. The van der Waals surface area contributed by atoms with Crippen molar-refractivity contribution in [3.8, 4) is 17.5 Å². The number of methoxy groups -OCH3 is 1. The first-order valence-corrected chi connectivity index (χ1v) is 11.8. The molecule has 4 rings (SSSR count). The van der Waals surface area contributed by atoms with Crippen LogP contribution in [-0.4, -0.2) is 17.6 Å². The lowest BCUT2D eigenvalue weighted by molar-refractivity contribution is -0.111. The van der Waals surface area contributed by atoms with Crippen LogP contribution in [0.2, 0.25) is 10.0 Å². The average Bonchev–Trinajstić information content (AvgIpc) is 3.18. The Labute approximate surface area is 214 Å².